The largest absolute Gasteiger partial charge is 0.756 e. The molecule has 2 unspecified atom stereocenters. The van der Waals surface area contributed by atoms with Crippen LogP contribution >= 0.6 is 7.82 Å². The SMILES string of the molecule is CC/C=C\C/C=C\C/C=C\C/C=C\C/C=C\CCCCCCCCCC(=O)OC(COCCCCCCCCCCCC/C=C\CCCCCCCCCC)COP(=O)([O-])OCC[N+](C)(C)C. The van der Waals surface area contributed by atoms with Crippen LogP contribution in [0, 0.1) is 0 Å². The zero-order chi connectivity index (χ0) is 49.0. The van der Waals surface area contributed by atoms with Gasteiger partial charge in [0.2, 0.25) is 0 Å². The molecule has 0 amide bonds. The van der Waals surface area contributed by atoms with Gasteiger partial charge in [0.1, 0.15) is 19.3 Å². The number of hydrogen-bond acceptors (Lipinski definition) is 7. The van der Waals surface area contributed by atoms with Gasteiger partial charge in [-0.25, -0.2) is 0 Å². The molecule has 9 heteroatoms. The van der Waals surface area contributed by atoms with E-state index in [0.717, 1.165) is 77.0 Å². The smallest absolute Gasteiger partial charge is 0.306 e. The van der Waals surface area contributed by atoms with Crippen molar-refractivity contribution < 1.29 is 37.3 Å². The number of carbonyl (C=O) groups excluding carboxylic acids is 1. The summed E-state index contributed by atoms with van der Waals surface area (Å²) in [5.41, 5.74) is 0. The molecule has 67 heavy (non-hydrogen) atoms. The third-order valence-corrected chi connectivity index (χ3v) is 12.7. The topological polar surface area (TPSA) is 94.1 Å². The molecule has 0 saturated heterocycles. The van der Waals surface area contributed by atoms with Gasteiger partial charge < -0.3 is 27.9 Å². The molecule has 0 heterocycles. The monoisotopic (exact) mass is 960 g/mol. The van der Waals surface area contributed by atoms with E-state index in [4.69, 9.17) is 18.5 Å². The van der Waals surface area contributed by atoms with E-state index in [1.165, 1.54) is 135 Å². The standard InChI is InChI=1S/C58H106NO7P/c1-6-8-10-12-14-16-18-20-22-24-26-28-30-31-33-35-37-39-41-43-45-47-49-51-58(60)66-57(56-65-67(61,62)64-54-52-59(3,4)5)55-63-53-50-48-46-44-42-40-38-36-34-32-29-27-25-23-21-19-17-15-13-11-9-7-2/h8,10,14,16,20,22,25-28,31,33,57H,6-7,9,11-13,15,17-19,21,23-24,29-30,32,34-56H2,1-5H3/b10-8-,16-14-,22-20-,27-25-,28-26-,33-31-. The van der Waals surface area contributed by atoms with Gasteiger partial charge in [0, 0.05) is 13.0 Å². The maximum absolute atomic E-state index is 12.8. The fraction of sp³-hybridized carbons (Fsp3) is 0.776. The van der Waals surface area contributed by atoms with Crippen molar-refractivity contribution >= 4 is 13.8 Å². The van der Waals surface area contributed by atoms with E-state index in [-0.39, 0.29) is 25.8 Å². The first-order valence-electron chi connectivity index (χ1n) is 27.7. The maximum Gasteiger partial charge on any atom is 0.306 e. The molecule has 0 radical (unpaired) electrons. The average molecular weight is 960 g/mol. The van der Waals surface area contributed by atoms with Gasteiger partial charge in [-0.05, 0) is 83.5 Å². The van der Waals surface area contributed by atoms with E-state index in [9.17, 15) is 14.3 Å². The Morgan fingerprint density at radius 3 is 1.31 bits per heavy atom. The summed E-state index contributed by atoms with van der Waals surface area (Å²) >= 11 is 0. The van der Waals surface area contributed by atoms with Gasteiger partial charge in [0.05, 0.1) is 34.4 Å². The van der Waals surface area contributed by atoms with Crippen LogP contribution in [0.3, 0.4) is 0 Å². The molecule has 0 bridgehead atoms. The van der Waals surface area contributed by atoms with Crippen molar-refractivity contribution in [3.63, 3.8) is 0 Å². The molecule has 8 nitrogen and oxygen atoms in total. The second-order valence-electron chi connectivity index (χ2n) is 19.6. The zero-order valence-electron chi connectivity index (χ0n) is 44.3. The average Bonchev–Trinajstić information content (AvgIpc) is 3.29. The number of nitrogens with zero attached hydrogens (tertiary/aromatic N) is 1. The van der Waals surface area contributed by atoms with Crippen molar-refractivity contribution in [2.75, 3.05) is 54.1 Å². The molecular formula is C58H106NO7P. The fourth-order valence-electron chi connectivity index (χ4n) is 7.51. The van der Waals surface area contributed by atoms with Gasteiger partial charge in [-0.3, -0.25) is 9.36 Å². The molecule has 390 valence electrons. The summed E-state index contributed by atoms with van der Waals surface area (Å²) in [6.07, 6.45) is 66.5. The summed E-state index contributed by atoms with van der Waals surface area (Å²) in [5, 5.41) is 0. The molecule has 0 aliphatic heterocycles. The molecule has 0 aromatic rings. The molecule has 0 aliphatic rings. The lowest BCUT2D eigenvalue weighted by atomic mass is 10.1. The Bertz CT molecular complexity index is 1300. The van der Waals surface area contributed by atoms with E-state index in [1.54, 1.807) is 0 Å². The molecule has 0 saturated carbocycles. The highest BCUT2D eigenvalue weighted by atomic mass is 31.2. The van der Waals surface area contributed by atoms with Crippen LogP contribution in [0.1, 0.15) is 232 Å². The van der Waals surface area contributed by atoms with Crippen molar-refractivity contribution in [1.82, 2.24) is 0 Å². The van der Waals surface area contributed by atoms with Crippen LogP contribution in [0.5, 0.6) is 0 Å². The second kappa shape index (κ2) is 50.3. The summed E-state index contributed by atoms with van der Waals surface area (Å²) < 4.78 is 34.8. The van der Waals surface area contributed by atoms with Crippen LogP contribution in [0.4, 0.5) is 0 Å². The number of rotatable bonds is 51. The lowest BCUT2D eigenvalue weighted by Crippen LogP contribution is -2.37. The minimum atomic E-state index is -4.54. The van der Waals surface area contributed by atoms with Crippen LogP contribution in [-0.2, 0) is 27.9 Å². The first kappa shape index (κ1) is 64.9. The van der Waals surface area contributed by atoms with E-state index < -0.39 is 13.9 Å². The molecule has 0 aromatic heterocycles. The van der Waals surface area contributed by atoms with Gasteiger partial charge in [-0.15, -0.1) is 0 Å². The van der Waals surface area contributed by atoms with Gasteiger partial charge >= 0.3 is 5.97 Å². The van der Waals surface area contributed by atoms with Crippen LogP contribution in [0.25, 0.3) is 0 Å². The molecular weight excluding hydrogens is 854 g/mol. The number of phosphoric acid groups is 1. The first-order valence-corrected chi connectivity index (χ1v) is 29.1. The number of phosphoric ester groups is 1. The zero-order valence-corrected chi connectivity index (χ0v) is 45.2. The summed E-state index contributed by atoms with van der Waals surface area (Å²) in [6.45, 7) is 5.30. The van der Waals surface area contributed by atoms with Crippen molar-refractivity contribution in [1.29, 1.82) is 0 Å². The Hall–Kier alpha value is -2.06. The number of allylic oxidation sites excluding steroid dienone is 12. The second-order valence-corrected chi connectivity index (χ2v) is 21.0. The van der Waals surface area contributed by atoms with E-state index in [2.05, 4.69) is 86.8 Å². The number of esters is 1. The number of ether oxygens (including phenoxy) is 2. The maximum atomic E-state index is 12.8. The minimum Gasteiger partial charge on any atom is -0.756 e. The number of unbranched alkanes of at least 4 members (excludes halogenated alkanes) is 25. The van der Waals surface area contributed by atoms with E-state index >= 15 is 0 Å². The number of carbonyl (C=O) groups is 1. The Morgan fingerprint density at radius 2 is 0.866 bits per heavy atom. The van der Waals surface area contributed by atoms with E-state index in [0.29, 0.717) is 24.1 Å². The summed E-state index contributed by atoms with van der Waals surface area (Å²) in [6, 6.07) is 0. The highest BCUT2D eigenvalue weighted by molar-refractivity contribution is 7.45. The van der Waals surface area contributed by atoms with Gasteiger partial charge in [-0.1, -0.05) is 215 Å². The van der Waals surface area contributed by atoms with Gasteiger partial charge in [-0.2, -0.15) is 0 Å². The Balaban J connectivity index is 4.14. The highest BCUT2D eigenvalue weighted by Gasteiger charge is 2.20. The lowest BCUT2D eigenvalue weighted by Gasteiger charge is -2.28. The van der Waals surface area contributed by atoms with Crippen LogP contribution in [-0.4, -0.2) is 70.7 Å². The van der Waals surface area contributed by atoms with Crippen LogP contribution in [0.2, 0.25) is 0 Å². The predicted octanol–water partition coefficient (Wildman–Crippen LogP) is 16.8. The normalized spacial score (nSPS) is 14.1. The molecule has 0 spiro atoms. The number of quaternary nitrogens is 1. The first-order chi connectivity index (χ1) is 32.6. The molecule has 2 atom stereocenters. The van der Waals surface area contributed by atoms with Gasteiger partial charge in [0.25, 0.3) is 7.82 Å². The summed E-state index contributed by atoms with van der Waals surface area (Å²) in [5.74, 6) is -0.345. The lowest BCUT2D eigenvalue weighted by molar-refractivity contribution is -0.870. The summed E-state index contributed by atoms with van der Waals surface area (Å²) in [7, 11) is 1.34. The van der Waals surface area contributed by atoms with Crippen molar-refractivity contribution in [3.8, 4) is 0 Å². The van der Waals surface area contributed by atoms with E-state index in [1.807, 2.05) is 21.1 Å². The summed E-state index contributed by atoms with van der Waals surface area (Å²) in [4.78, 5) is 25.2. The third kappa shape index (κ3) is 54.7. The highest BCUT2D eigenvalue weighted by Crippen LogP contribution is 2.38. The predicted molar refractivity (Wildman–Crippen MR) is 286 cm³/mol. The van der Waals surface area contributed by atoms with Crippen molar-refractivity contribution in [2.45, 2.75) is 238 Å². The van der Waals surface area contributed by atoms with Gasteiger partial charge in [0.15, 0.2) is 0 Å². The molecule has 0 aliphatic carbocycles. The van der Waals surface area contributed by atoms with Crippen LogP contribution < -0.4 is 4.89 Å². The molecule has 0 N–H and O–H groups in total. The quantitative estimate of drug-likeness (QED) is 0.0197. The molecule has 0 rings (SSSR count). The Kier molecular flexibility index (Phi) is 48.8. The minimum absolute atomic E-state index is 0.0207. The number of likely N-dealkylation sites (N-methyl/N-ethyl adjacent to an activating group) is 1. The van der Waals surface area contributed by atoms with Crippen molar-refractivity contribution in [3.05, 3.63) is 72.9 Å². The number of hydrogen-bond donors (Lipinski definition) is 0. The molecule has 0 fully saturated rings. The Labute approximate surface area is 414 Å². The van der Waals surface area contributed by atoms with Crippen LogP contribution in [0.15, 0.2) is 72.9 Å². The molecule has 0 aromatic carbocycles. The fourth-order valence-corrected chi connectivity index (χ4v) is 8.24. The van der Waals surface area contributed by atoms with Crippen molar-refractivity contribution in [2.24, 2.45) is 0 Å². The Morgan fingerprint density at radius 1 is 0.478 bits per heavy atom. The third-order valence-electron chi connectivity index (χ3n) is 11.7.